The van der Waals surface area contributed by atoms with Crippen LogP contribution in [-0.4, -0.2) is 48.3 Å². The summed E-state index contributed by atoms with van der Waals surface area (Å²) in [6.45, 7) is 3.02. The molecular formula is C14H18N4O3. The Balaban J connectivity index is 1.85. The number of methoxy groups -OCH3 is 1. The van der Waals surface area contributed by atoms with Crippen molar-refractivity contribution in [1.29, 1.82) is 0 Å². The first-order chi connectivity index (χ1) is 10.1. The number of aromatic amines is 1. The molecule has 0 aromatic carbocycles. The van der Waals surface area contributed by atoms with E-state index in [9.17, 15) is 4.79 Å². The molecule has 1 aliphatic heterocycles. The summed E-state index contributed by atoms with van der Waals surface area (Å²) < 4.78 is 10.5. The predicted octanol–water partition coefficient (Wildman–Crippen LogP) is 1.35. The SMILES string of the molecule is COCCOCC1(C)Nc2c(cnc3[nH]ccc23)NC1=O. The number of amides is 1. The van der Waals surface area contributed by atoms with Crippen LogP contribution in [0.3, 0.4) is 0 Å². The van der Waals surface area contributed by atoms with Gasteiger partial charge >= 0.3 is 0 Å². The van der Waals surface area contributed by atoms with Crippen LogP contribution >= 0.6 is 0 Å². The third kappa shape index (κ3) is 2.45. The van der Waals surface area contributed by atoms with Gasteiger partial charge in [-0.1, -0.05) is 0 Å². The highest BCUT2D eigenvalue weighted by atomic mass is 16.5. The van der Waals surface area contributed by atoms with Crippen molar-refractivity contribution in [3.63, 3.8) is 0 Å². The largest absolute Gasteiger partial charge is 0.382 e. The number of ether oxygens (including phenoxy) is 2. The first-order valence-electron chi connectivity index (χ1n) is 6.76. The molecule has 21 heavy (non-hydrogen) atoms. The van der Waals surface area contributed by atoms with Gasteiger partial charge in [-0.15, -0.1) is 0 Å². The summed E-state index contributed by atoms with van der Waals surface area (Å²) in [6.07, 6.45) is 3.47. The molecule has 3 rings (SSSR count). The number of pyridine rings is 1. The molecule has 0 saturated carbocycles. The molecule has 112 valence electrons. The van der Waals surface area contributed by atoms with Gasteiger partial charge in [0.1, 0.15) is 11.2 Å². The lowest BCUT2D eigenvalue weighted by atomic mass is 9.98. The smallest absolute Gasteiger partial charge is 0.252 e. The Morgan fingerprint density at radius 3 is 3.05 bits per heavy atom. The molecule has 0 aliphatic carbocycles. The molecule has 0 spiro atoms. The number of carbonyl (C=O) groups excluding carboxylic acids is 1. The van der Waals surface area contributed by atoms with E-state index >= 15 is 0 Å². The van der Waals surface area contributed by atoms with Gasteiger partial charge < -0.3 is 25.1 Å². The van der Waals surface area contributed by atoms with Crippen LogP contribution in [-0.2, 0) is 14.3 Å². The predicted molar refractivity (Wildman–Crippen MR) is 79.4 cm³/mol. The molecule has 0 fully saturated rings. The van der Waals surface area contributed by atoms with E-state index in [0.717, 1.165) is 16.7 Å². The molecule has 7 heteroatoms. The van der Waals surface area contributed by atoms with Crippen molar-refractivity contribution in [2.45, 2.75) is 12.5 Å². The van der Waals surface area contributed by atoms with Crippen molar-refractivity contribution in [2.75, 3.05) is 37.6 Å². The van der Waals surface area contributed by atoms with Gasteiger partial charge in [-0.2, -0.15) is 0 Å². The minimum Gasteiger partial charge on any atom is -0.382 e. The van der Waals surface area contributed by atoms with Gasteiger partial charge in [-0.25, -0.2) is 4.98 Å². The summed E-state index contributed by atoms with van der Waals surface area (Å²) in [5, 5.41) is 7.12. The van der Waals surface area contributed by atoms with E-state index in [1.54, 1.807) is 13.3 Å². The number of H-pyrrole nitrogens is 1. The molecule has 2 aromatic heterocycles. The van der Waals surface area contributed by atoms with E-state index in [-0.39, 0.29) is 12.5 Å². The van der Waals surface area contributed by atoms with Crippen LogP contribution in [0, 0.1) is 0 Å². The van der Waals surface area contributed by atoms with Gasteiger partial charge in [-0.05, 0) is 13.0 Å². The van der Waals surface area contributed by atoms with E-state index < -0.39 is 5.54 Å². The Labute approximate surface area is 122 Å². The first-order valence-corrected chi connectivity index (χ1v) is 6.76. The minimum absolute atomic E-state index is 0.135. The molecule has 0 radical (unpaired) electrons. The van der Waals surface area contributed by atoms with E-state index in [1.165, 1.54) is 0 Å². The summed E-state index contributed by atoms with van der Waals surface area (Å²) in [7, 11) is 1.61. The fraction of sp³-hybridized carbons (Fsp3) is 0.429. The van der Waals surface area contributed by atoms with Gasteiger partial charge in [0.25, 0.3) is 5.91 Å². The van der Waals surface area contributed by atoms with Crippen LogP contribution in [0.2, 0.25) is 0 Å². The van der Waals surface area contributed by atoms with Gasteiger partial charge in [0.15, 0.2) is 0 Å². The second kappa shape index (κ2) is 5.34. The number of fused-ring (bicyclic) bond motifs is 3. The standard InChI is InChI=1S/C14H18N4O3/c1-14(8-21-6-5-20-2)13(19)17-10-7-16-12-9(3-4-15-12)11(10)18-14/h3-4,7,18H,5-6,8H2,1-2H3,(H,15,16)(H,17,19). The summed E-state index contributed by atoms with van der Waals surface area (Å²) in [5.41, 5.74) is 1.49. The Kier molecular flexibility index (Phi) is 3.52. The number of rotatable bonds is 5. The maximum Gasteiger partial charge on any atom is 0.252 e. The molecule has 0 saturated heterocycles. The van der Waals surface area contributed by atoms with Gasteiger partial charge in [-0.3, -0.25) is 4.79 Å². The van der Waals surface area contributed by atoms with Crippen LogP contribution in [0.25, 0.3) is 11.0 Å². The number of aromatic nitrogens is 2. The van der Waals surface area contributed by atoms with Crippen LogP contribution < -0.4 is 10.6 Å². The van der Waals surface area contributed by atoms with Crippen molar-refractivity contribution in [1.82, 2.24) is 9.97 Å². The van der Waals surface area contributed by atoms with E-state index in [4.69, 9.17) is 9.47 Å². The molecule has 1 amide bonds. The molecule has 1 unspecified atom stereocenters. The van der Waals surface area contributed by atoms with Crippen molar-refractivity contribution in [3.8, 4) is 0 Å². The summed E-state index contributed by atoms with van der Waals surface area (Å²) in [6, 6.07) is 1.93. The zero-order valence-corrected chi connectivity index (χ0v) is 12.0. The number of nitrogens with zero attached hydrogens (tertiary/aromatic N) is 1. The zero-order valence-electron chi connectivity index (χ0n) is 12.0. The quantitative estimate of drug-likeness (QED) is 0.723. The molecule has 7 nitrogen and oxygen atoms in total. The number of anilines is 2. The number of hydrogen-bond acceptors (Lipinski definition) is 5. The Bertz CT molecular complexity index is 669. The monoisotopic (exact) mass is 290 g/mol. The molecule has 2 aromatic rings. The van der Waals surface area contributed by atoms with E-state index in [0.29, 0.717) is 18.9 Å². The van der Waals surface area contributed by atoms with Crippen molar-refractivity contribution >= 4 is 28.3 Å². The highest BCUT2D eigenvalue weighted by Gasteiger charge is 2.38. The van der Waals surface area contributed by atoms with Crippen molar-refractivity contribution in [3.05, 3.63) is 18.5 Å². The second-order valence-corrected chi connectivity index (χ2v) is 5.24. The summed E-state index contributed by atoms with van der Waals surface area (Å²) >= 11 is 0. The van der Waals surface area contributed by atoms with Gasteiger partial charge in [0.2, 0.25) is 0 Å². The van der Waals surface area contributed by atoms with Crippen LogP contribution in [0.4, 0.5) is 11.4 Å². The van der Waals surface area contributed by atoms with Crippen LogP contribution in [0.15, 0.2) is 18.5 Å². The molecule has 3 N–H and O–H groups in total. The van der Waals surface area contributed by atoms with Crippen molar-refractivity contribution < 1.29 is 14.3 Å². The summed E-state index contributed by atoms with van der Waals surface area (Å²) in [5.74, 6) is -0.135. The Morgan fingerprint density at radius 2 is 2.24 bits per heavy atom. The number of nitrogens with one attached hydrogen (secondary N) is 3. The third-order valence-corrected chi connectivity index (χ3v) is 3.56. The normalized spacial score (nSPS) is 21.0. The molecule has 1 atom stereocenters. The highest BCUT2D eigenvalue weighted by Crippen LogP contribution is 2.35. The lowest BCUT2D eigenvalue weighted by molar-refractivity contribution is -0.122. The molecule has 0 bridgehead atoms. The van der Waals surface area contributed by atoms with Gasteiger partial charge in [0.05, 0.1) is 37.4 Å². The fourth-order valence-corrected chi connectivity index (χ4v) is 2.35. The third-order valence-electron chi connectivity index (χ3n) is 3.56. The Hall–Kier alpha value is -2.12. The molecule has 3 heterocycles. The molecule has 1 aliphatic rings. The second-order valence-electron chi connectivity index (χ2n) is 5.24. The van der Waals surface area contributed by atoms with E-state index in [2.05, 4.69) is 20.6 Å². The highest BCUT2D eigenvalue weighted by molar-refractivity contribution is 6.11. The lowest BCUT2D eigenvalue weighted by Gasteiger charge is -2.35. The number of carbonyl (C=O) groups is 1. The number of hydrogen-bond donors (Lipinski definition) is 3. The average molecular weight is 290 g/mol. The topological polar surface area (TPSA) is 88.3 Å². The van der Waals surface area contributed by atoms with E-state index in [1.807, 2.05) is 19.2 Å². The van der Waals surface area contributed by atoms with Gasteiger partial charge in [0, 0.05) is 18.7 Å². The maximum atomic E-state index is 12.3. The fourth-order valence-electron chi connectivity index (χ4n) is 2.35. The molecular weight excluding hydrogens is 272 g/mol. The average Bonchev–Trinajstić information content (AvgIpc) is 2.94. The summed E-state index contributed by atoms with van der Waals surface area (Å²) in [4.78, 5) is 19.6. The minimum atomic E-state index is -0.827. The van der Waals surface area contributed by atoms with Crippen LogP contribution in [0.1, 0.15) is 6.92 Å². The maximum absolute atomic E-state index is 12.3. The lowest BCUT2D eigenvalue weighted by Crippen LogP contribution is -2.53. The Morgan fingerprint density at radius 1 is 1.38 bits per heavy atom. The van der Waals surface area contributed by atoms with Crippen molar-refractivity contribution in [2.24, 2.45) is 0 Å². The zero-order chi connectivity index (χ0) is 14.9. The van der Waals surface area contributed by atoms with Crippen LogP contribution in [0.5, 0.6) is 0 Å². The first kappa shape index (κ1) is 13.8.